The highest BCUT2D eigenvalue weighted by molar-refractivity contribution is 4.92. The summed E-state index contributed by atoms with van der Waals surface area (Å²) >= 11 is 0. The average Bonchev–Trinajstić information content (AvgIpc) is 1.97. The molecule has 1 N–H and O–H groups in total. The summed E-state index contributed by atoms with van der Waals surface area (Å²) in [4.78, 5) is 0. The number of hydrogen-bond acceptors (Lipinski definition) is 1. The topological polar surface area (TPSA) is 12.0 Å². The van der Waals surface area contributed by atoms with E-state index in [2.05, 4.69) is 46.5 Å². The van der Waals surface area contributed by atoms with Crippen LogP contribution in [0.25, 0.3) is 0 Å². The Morgan fingerprint density at radius 3 is 1.69 bits per heavy atom. The van der Waals surface area contributed by atoms with Crippen LogP contribution in [0.1, 0.15) is 41.5 Å². The molecule has 0 saturated heterocycles. The van der Waals surface area contributed by atoms with Gasteiger partial charge in [-0.2, -0.15) is 0 Å². The van der Waals surface area contributed by atoms with Gasteiger partial charge in [0, 0.05) is 11.7 Å². The van der Waals surface area contributed by atoms with Gasteiger partial charge >= 0.3 is 0 Å². The molecule has 0 bridgehead atoms. The Balaban J connectivity index is 4.32. The smallest absolute Gasteiger partial charge is 0.0308 e. The molecule has 0 aliphatic carbocycles. The van der Waals surface area contributed by atoms with Crippen molar-refractivity contribution >= 4 is 0 Å². The van der Waals surface area contributed by atoms with Gasteiger partial charge in [0.05, 0.1) is 0 Å². The fourth-order valence-electron chi connectivity index (χ4n) is 1.60. The van der Waals surface area contributed by atoms with E-state index in [1.807, 2.05) is 6.92 Å². The van der Waals surface area contributed by atoms with Crippen molar-refractivity contribution in [2.45, 2.75) is 47.6 Å². The van der Waals surface area contributed by atoms with Crippen LogP contribution in [-0.2, 0) is 0 Å². The van der Waals surface area contributed by atoms with Gasteiger partial charge in [-0.3, -0.25) is 0 Å². The summed E-state index contributed by atoms with van der Waals surface area (Å²) in [5.74, 6) is 2.07. The van der Waals surface area contributed by atoms with Crippen molar-refractivity contribution < 1.29 is 0 Å². The quantitative estimate of drug-likeness (QED) is 0.688. The molecule has 0 rings (SSSR count). The summed E-state index contributed by atoms with van der Waals surface area (Å²) < 4.78 is 0. The van der Waals surface area contributed by atoms with Gasteiger partial charge in [-0.1, -0.05) is 41.2 Å². The van der Waals surface area contributed by atoms with Crippen molar-refractivity contribution in [1.82, 2.24) is 5.32 Å². The van der Waals surface area contributed by atoms with Crippen LogP contribution in [0.3, 0.4) is 0 Å². The molecule has 0 aromatic heterocycles. The predicted octanol–water partition coefficient (Wildman–Crippen LogP) is 3.43. The van der Waals surface area contributed by atoms with E-state index in [9.17, 15) is 0 Å². The fraction of sp³-hybridized carbons (Fsp3) is 0.833. The maximum absolute atomic E-state index is 3.91. The zero-order valence-corrected chi connectivity index (χ0v) is 10.0. The minimum absolute atomic E-state index is 0.553. The second-order valence-corrected chi connectivity index (χ2v) is 4.80. The molecule has 0 radical (unpaired) electrons. The third kappa shape index (κ3) is 4.35. The second-order valence-electron chi connectivity index (χ2n) is 4.80. The van der Waals surface area contributed by atoms with Crippen molar-refractivity contribution in [3.63, 3.8) is 0 Å². The number of allylic oxidation sites excluding steroid dienone is 1. The lowest BCUT2D eigenvalue weighted by Crippen LogP contribution is -2.40. The maximum Gasteiger partial charge on any atom is 0.0308 e. The van der Waals surface area contributed by atoms with Gasteiger partial charge in [0.15, 0.2) is 0 Å². The summed E-state index contributed by atoms with van der Waals surface area (Å²) in [6, 6.07) is 0.553. The van der Waals surface area contributed by atoms with Crippen molar-refractivity contribution in [3.05, 3.63) is 12.3 Å². The molecule has 0 aliphatic rings. The Morgan fingerprint density at radius 1 is 1.00 bits per heavy atom. The van der Waals surface area contributed by atoms with Crippen molar-refractivity contribution in [2.24, 2.45) is 17.8 Å². The van der Waals surface area contributed by atoms with Gasteiger partial charge in [-0.15, -0.1) is 0 Å². The first kappa shape index (κ1) is 12.5. The lowest BCUT2D eigenvalue weighted by molar-refractivity contribution is 0.258. The van der Waals surface area contributed by atoms with E-state index in [0.29, 0.717) is 17.9 Å². The molecule has 2 unspecified atom stereocenters. The van der Waals surface area contributed by atoms with Gasteiger partial charge in [0.2, 0.25) is 0 Å². The third-order valence-corrected chi connectivity index (χ3v) is 2.75. The normalized spacial score (nSPS) is 16.0. The first-order chi connectivity index (χ1) is 5.86. The third-order valence-electron chi connectivity index (χ3n) is 2.75. The van der Waals surface area contributed by atoms with E-state index in [1.54, 1.807) is 0 Å². The second kappa shape index (κ2) is 5.31. The van der Waals surface area contributed by atoms with E-state index in [4.69, 9.17) is 0 Å². The Morgan fingerprint density at radius 2 is 1.46 bits per heavy atom. The highest BCUT2D eigenvalue weighted by Crippen LogP contribution is 2.20. The van der Waals surface area contributed by atoms with Crippen molar-refractivity contribution in [3.8, 4) is 0 Å². The minimum atomic E-state index is 0.553. The lowest BCUT2D eigenvalue weighted by atomic mass is 9.84. The standard InChI is InChI=1S/C12H25N/c1-8(2)11(7)12(9(3)4)13-10(5)6/h8-9,11-13H,5H2,1-4,6-7H3. The van der Waals surface area contributed by atoms with Crippen LogP contribution in [0, 0.1) is 17.8 Å². The first-order valence-electron chi connectivity index (χ1n) is 5.28. The van der Waals surface area contributed by atoms with Crippen LogP contribution in [-0.4, -0.2) is 6.04 Å². The summed E-state index contributed by atoms with van der Waals surface area (Å²) in [6.07, 6.45) is 0. The predicted molar refractivity (Wildman–Crippen MR) is 60.6 cm³/mol. The number of rotatable bonds is 5. The molecular formula is C12H25N. The Hall–Kier alpha value is -0.460. The Bertz CT molecular complexity index is 159. The molecule has 0 saturated carbocycles. The van der Waals surface area contributed by atoms with E-state index >= 15 is 0 Å². The lowest BCUT2D eigenvalue weighted by Gasteiger charge is -2.32. The average molecular weight is 183 g/mol. The molecule has 1 nitrogen and oxygen atoms in total. The molecule has 1 heteroatoms. The zero-order chi connectivity index (χ0) is 10.6. The molecule has 13 heavy (non-hydrogen) atoms. The molecule has 0 aliphatic heterocycles. The van der Waals surface area contributed by atoms with Crippen LogP contribution < -0.4 is 5.32 Å². The van der Waals surface area contributed by atoms with Crippen LogP contribution in [0.2, 0.25) is 0 Å². The maximum atomic E-state index is 3.91. The van der Waals surface area contributed by atoms with Gasteiger partial charge in [-0.25, -0.2) is 0 Å². The van der Waals surface area contributed by atoms with Crippen LogP contribution >= 0.6 is 0 Å². The SMILES string of the molecule is C=C(C)NC(C(C)C)C(C)C(C)C. The fourth-order valence-corrected chi connectivity index (χ4v) is 1.60. The minimum Gasteiger partial charge on any atom is -0.386 e. The zero-order valence-electron chi connectivity index (χ0n) is 10.0. The monoisotopic (exact) mass is 183 g/mol. The largest absolute Gasteiger partial charge is 0.386 e. The first-order valence-corrected chi connectivity index (χ1v) is 5.28. The van der Waals surface area contributed by atoms with E-state index in [1.165, 1.54) is 0 Å². The number of hydrogen-bond donors (Lipinski definition) is 1. The van der Waals surface area contributed by atoms with Gasteiger partial charge in [0.1, 0.15) is 0 Å². The van der Waals surface area contributed by atoms with E-state index in [-0.39, 0.29) is 0 Å². The molecular weight excluding hydrogens is 158 g/mol. The van der Waals surface area contributed by atoms with Crippen LogP contribution in [0.5, 0.6) is 0 Å². The van der Waals surface area contributed by atoms with E-state index in [0.717, 1.165) is 11.6 Å². The van der Waals surface area contributed by atoms with E-state index < -0.39 is 0 Å². The summed E-state index contributed by atoms with van der Waals surface area (Å²) in [5.41, 5.74) is 1.08. The van der Waals surface area contributed by atoms with Gasteiger partial charge < -0.3 is 5.32 Å². The molecule has 0 aromatic carbocycles. The van der Waals surface area contributed by atoms with Crippen molar-refractivity contribution in [2.75, 3.05) is 0 Å². The van der Waals surface area contributed by atoms with Gasteiger partial charge in [-0.05, 0) is 24.7 Å². The molecule has 0 spiro atoms. The van der Waals surface area contributed by atoms with Gasteiger partial charge in [0.25, 0.3) is 0 Å². The molecule has 2 atom stereocenters. The molecule has 78 valence electrons. The molecule has 0 aromatic rings. The van der Waals surface area contributed by atoms with Crippen LogP contribution in [0.4, 0.5) is 0 Å². The van der Waals surface area contributed by atoms with Crippen LogP contribution in [0.15, 0.2) is 12.3 Å². The Labute approximate surface area is 83.6 Å². The number of nitrogens with one attached hydrogen (secondary N) is 1. The highest BCUT2D eigenvalue weighted by Gasteiger charge is 2.22. The summed E-state index contributed by atoms with van der Waals surface area (Å²) in [6.45, 7) is 17.3. The van der Waals surface area contributed by atoms with Crippen molar-refractivity contribution in [1.29, 1.82) is 0 Å². The summed E-state index contributed by atoms with van der Waals surface area (Å²) in [7, 11) is 0. The molecule has 0 amide bonds. The molecule has 0 fully saturated rings. The highest BCUT2D eigenvalue weighted by atomic mass is 14.9. The Kier molecular flexibility index (Phi) is 5.12. The summed E-state index contributed by atoms with van der Waals surface area (Å²) in [5, 5.41) is 3.47. The molecule has 0 heterocycles.